The van der Waals surface area contributed by atoms with Crippen molar-refractivity contribution in [2.45, 2.75) is 31.7 Å². The number of hydrogen-bond donors (Lipinski definition) is 1. The van der Waals surface area contributed by atoms with Gasteiger partial charge < -0.3 is 5.32 Å². The van der Waals surface area contributed by atoms with Crippen molar-refractivity contribution in [3.05, 3.63) is 33.8 Å². The molecule has 88 valence electrons. The SMILES string of the molecule is Fc1cc(CC2CCCCN2)cc(F)c1Br. The molecule has 0 aromatic heterocycles. The van der Waals surface area contributed by atoms with Crippen LogP contribution in [0.15, 0.2) is 16.6 Å². The molecule has 0 radical (unpaired) electrons. The average Bonchev–Trinajstić information content (AvgIpc) is 2.27. The van der Waals surface area contributed by atoms with Crippen molar-refractivity contribution in [3.63, 3.8) is 0 Å². The molecule has 1 heterocycles. The lowest BCUT2D eigenvalue weighted by molar-refractivity contribution is 0.398. The average molecular weight is 290 g/mol. The first-order valence-corrected chi connectivity index (χ1v) is 6.33. The van der Waals surface area contributed by atoms with Crippen LogP contribution >= 0.6 is 15.9 Å². The molecule has 1 unspecified atom stereocenters. The third-order valence-corrected chi connectivity index (χ3v) is 3.70. The van der Waals surface area contributed by atoms with Gasteiger partial charge in [-0.3, -0.25) is 0 Å². The van der Waals surface area contributed by atoms with Crippen LogP contribution in [-0.2, 0) is 6.42 Å². The summed E-state index contributed by atoms with van der Waals surface area (Å²) in [5.74, 6) is -1.04. The zero-order chi connectivity index (χ0) is 11.5. The van der Waals surface area contributed by atoms with E-state index in [1.54, 1.807) is 0 Å². The van der Waals surface area contributed by atoms with Gasteiger partial charge >= 0.3 is 0 Å². The molecular formula is C12H14BrF2N. The predicted octanol–water partition coefficient (Wildman–Crippen LogP) is 3.41. The Kier molecular flexibility index (Phi) is 3.92. The Morgan fingerprint density at radius 3 is 2.50 bits per heavy atom. The Bertz CT molecular complexity index is 352. The zero-order valence-electron chi connectivity index (χ0n) is 8.90. The van der Waals surface area contributed by atoms with Gasteiger partial charge in [-0.05, 0) is 59.4 Å². The van der Waals surface area contributed by atoms with Gasteiger partial charge in [0.1, 0.15) is 11.6 Å². The maximum Gasteiger partial charge on any atom is 0.140 e. The van der Waals surface area contributed by atoms with Gasteiger partial charge in [0.25, 0.3) is 0 Å². The summed E-state index contributed by atoms with van der Waals surface area (Å²) >= 11 is 2.87. The van der Waals surface area contributed by atoms with Gasteiger partial charge in [0.15, 0.2) is 0 Å². The van der Waals surface area contributed by atoms with Crippen molar-refractivity contribution in [3.8, 4) is 0 Å². The Morgan fingerprint density at radius 1 is 1.25 bits per heavy atom. The third-order valence-electron chi connectivity index (χ3n) is 2.94. The molecule has 1 aliphatic rings. The minimum atomic E-state index is -0.522. The van der Waals surface area contributed by atoms with Crippen LogP contribution in [0.25, 0.3) is 0 Å². The van der Waals surface area contributed by atoms with Gasteiger partial charge in [0.2, 0.25) is 0 Å². The van der Waals surface area contributed by atoms with Gasteiger partial charge in [-0.25, -0.2) is 8.78 Å². The fourth-order valence-electron chi connectivity index (χ4n) is 2.11. The maximum atomic E-state index is 13.3. The van der Waals surface area contributed by atoms with E-state index in [1.165, 1.54) is 25.0 Å². The summed E-state index contributed by atoms with van der Waals surface area (Å²) in [6, 6.07) is 3.17. The molecule has 0 aliphatic carbocycles. The highest BCUT2D eigenvalue weighted by Crippen LogP contribution is 2.22. The topological polar surface area (TPSA) is 12.0 Å². The van der Waals surface area contributed by atoms with Gasteiger partial charge in [0.05, 0.1) is 4.47 Å². The molecule has 1 aromatic rings. The van der Waals surface area contributed by atoms with E-state index in [2.05, 4.69) is 21.2 Å². The molecule has 1 fully saturated rings. The van der Waals surface area contributed by atoms with E-state index >= 15 is 0 Å². The second-order valence-corrected chi connectivity index (χ2v) is 5.02. The molecule has 1 saturated heterocycles. The molecule has 0 bridgehead atoms. The lowest BCUT2D eigenvalue weighted by atomic mass is 9.98. The Morgan fingerprint density at radius 2 is 1.94 bits per heavy atom. The molecular weight excluding hydrogens is 276 g/mol. The molecule has 1 aromatic carbocycles. The van der Waals surface area contributed by atoms with E-state index in [4.69, 9.17) is 0 Å². The minimum Gasteiger partial charge on any atom is -0.314 e. The van der Waals surface area contributed by atoms with Gasteiger partial charge in [-0.1, -0.05) is 6.42 Å². The number of rotatable bonds is 2. The normalized spacial score (nSPS) is 21.1. The molecule has 1 aliphatic heterocycles. The highest BCUT2D eigenvalue weighted by atomic mass is 79.9. The second kappa shape index (κ2) is 5.23. The number of piperidine rings is 1. The van der Waals surface area contributed by atoms with Crippen LogP contribution in [0.3, 0.4) is 0 Å². The summed E-state index contributed by atoms with van der Waals surface area (Å²) in [7, 11) is 0. The lowest BCUT2D eigenvalue weighted by Crippen LogP contribution is -2.35. The van der Waals surface area contributed by atoms with E-state index in [1.807, 2.05) is 0 Å². The number of hydrogen-bond acceptors (Lipinski definition) is 1. The summed E-state index contributed by atoms with van der Waals surface area (Å²) in [4.78, 5) is 0. The highest BCUT2D eigenvalue weighted by molar-refractivity contribution is 9.10. The largest absolute Gasteiger partial charge is 0.314 e. The van der Waals surface area contributed by atoms with E-state index in [-0.39, 0.29) is 4.47 Å². The third kappa shape index (κ3) is 2.80. The van der Waals surface area contributed by atoms with Crippen molar-refractivity contribution < 1.29 is 8.78 Å². The molecule has 1 nitrogen and oxygen atoms in total. The summed E-state index contributed by atoms with van der Waals surface area (Å²) in [5.41, 5.74) is 0.720. The van der Waals surface area contributed by atoms with Crippen molar-refractivity contribution >= 4 is 15.9 Å². The smallest absolute Gasteiger partial charge is 0.140 e. The lowest BCUT2D eigenvalue weighted by Gasteiger charge is -2.23. The van der Waals surface area contributed by atoms with E-state index in [0.29, 0.717) is 12.5 Å². The van der Waals surface area contributed by atoms with Crippen LogP contribution in [0, 0.1) is 11.6 Å². The molecule has 0 spiro atoms. The zero-order valence-corrected chi connectivity index (χ0v) is 10.5. The number of nitrogens with one attached hydrogen (secondary N) is 1. The monoisotopic (exact) mass is 289 g/mol. The molecule has 0 saturated carbocycles. The second-order valence-electron chi connectivity index (χ2n) is 4.22. The molecule has 1 atom stereocenters. The van der Waals surface area contributed by atoms with Gasteiger partial charge in [0, 0.05) is 6.04 Å². The Balaban J connectivity index is 2.09. The van der Waals surface area contributed by atoms with Crippen LogP contribution in [0.1, 0.15) is 24.8 Å². The minimum absolute atomic E-state index is 0.0761. The fraction of sp³-hybridized carbons (Fsp3) is 0.500. The van der Waals surface area contributed by atoms with Crippen molar-refractivity contribution in [2.24, 2.45) is 0 Å². The van der Waals surface area contributed by atoms with E-state index < -0.39 is 11.6 Å². The Hall–Kier alpha value is -0.480. The van der Waals surface area contributed by atoms with Crippen LogP contribution < -0.4 is 5.32 Å². The number of halogens is 3. The number of benzene rings is 1. The quantitative estimate of drug-likeness (QED) is 0.823. The fourth-order valence-corrected chi connectivity index (χ4v) is 2.34. The van der Waals surface area contributed by atoms with Crippen LogP contribution in [0.2, 0.25) is 0 Å². The molecule has 2 rings (SSSR count). The van der Waals surface area contributed by atoms with E-state index in [0.717, 1.165) is 18.5 Å². The van der Waals surface area contributed by atoms with Crippen molar-refractivity contribution in [1.29, 1.82) is 0 Å². The highest BCUT2D eigenvalue weighted by Gasteiger charge is 2.15. The maximum absolute atomic E-state index is 13.3. The summed E-state index contributed by atoms with van der Waals surface area (Å²) in [6.45, 7) is 1.01. The summed E-state index contributed by atoms with van der Waals surface area (Å²) in [5, 5.41) is 3.36. The first-order chi connectivity index (χ1) is 7.66. The van der Waals surface area contributed by atoms with Crippen LogP contribution in [-0.4, -0.2) is 12.6 Å². The molecule has 1 N–H and O–H groups in total. The van der Waals surface area contributed by atoms with Crippen molar-refractivity contribution in [1.82, 2.24) is 5.32 Å². The first kappa shape index (κ1) is 12.0. The van der Waals surface area contributed by atoms with Crippen LogP contribution in [0.4, 0.5) is 8.78 Å². The molecule has 0 amide bonds. The first-order valence-electron chi connectivity index (χ1n) is 5.53. The molecule has 4 heteroatoms. The predicted molar refractivity (Wildman–Crippen MR) is 63.4 cm³/mol. The summed E-state index contributed by atoms with van der Waals surface area (Å²) < 4.78 is 26.5. The standard InChI is InChI=1S/C12H14BrF2N/c13-12-10(14)6-8(7-11(12)15)5-9-3-1-2-4-16-9/h6-7,9,16H,1-5H2. The Labute approximate surface area is 102 Å². The molecule has 16 heavy (non-hydrogen) atoms. The van der Waals surface area contributed by atoms with E-state index in [9.17, 15) is 8.78 Å². The van der Waals surface area contributed by atoms with Gasteiger partial charge in [-0.2, -0.15) is 0 Å². The van der Waals surface area contributed by atoms with Crippen molar-refractivity contribution in [2.75, 3.05) is 6.54 Å². The van der Waals surface area contributed by atoms with Gasteiger partial charge in [-0.15, -0.1) is 0 Å². The van der Waals surface area contributed by atoms with Crippen LogP contribution in [0.5, 0.6) is 0 Å². The summed E-state index contributed by atoms with van der Waals surface area (Å²) in [6.07, 6.45) is 4.17.